The van der Waals surface area contributed by atoms with E-state index in [1.807, 2.05) is 18.2 Å². The van der Waals surface area contributed by atoms with E-state index < -0.39 is 0 Å². The second-order valence-electron chi connectivity index (χ2n) is 6.53. The first kappa shape index (κ1) is 16.5. The molecule has 0 bridgehead atoms. The Bertz CT molecular complexity index is 900. The summed E-state index contributed by atoms with van der Waals surface area (Å²) in [4.78, 5) is 22.9. The van der Waals surface area contributed by atoms with Crippen LogP contribution < -0.4 is 10.6 Å². The molecule has 0 radical (unpaired) electrons. The van der Waals surface area contributed by atoms with E-state index in [9.17, 15) is 4.79 Å². The number of amides is 1. The Hall–Kier alpha value is -3.00. The van der Waals surface area contributed by atoms with Crippen molar-refractivity contribution in [2.45, 2.75) is 18.9 Å². The fourth-order valence-corrected chi connectivity index (χ4v) is 3.10. The minimum Gasteiger partial charge on any atom is -0.367 e. The van der Waals surface area contributed by atoms with Gasteiger partial charge in [-0.3, -0.25) is 15.1 Å². The van der Waals surface area contributed by atoms with Crippen molar-refractivity contribution in [3.63, 3.8) is 0 Å². The number of nitrogens with zero attached hydrogens (tertiary/aromatic N) is 5. The summed E-state index contributed by atoms with van der Waals surface area (Å²) in [5.74, 6) is 0.877. The summed E-state index contributed by atoms with van der Waals surface area (Å²) in [7, 11) is 2.14. The van der Waals surface area contributed by atoms with Gasteiger partial charge >= 0.3 is 0 Å². The van der Waals surface area contributed by atoms with E-state index in [1.54, 1.807) is 22.8 Å². The highest BCUT2D eigenvalue weighted by Gasteiger charge is 2.18. The molecule has 3 aromatic rings. The predicted octanol–water partition coefficient (Wildman–Crippen LogP) is 1.88. The molecule has 1 saturated heterocycles. The van der Waals surface area contributed by atoms with E-state index in [0.29, 0.717) is 17.3 Å². The van der Waals surface area contributed by atoms with Gasteiger partial charge in [0.15, 0.2) is 5.65 Å². The molecular weight excluding hydrogens is 330 g/mol. The number of likely N-dealkylation sites (tertiary alicyclic amines) is 1. The molecule has 8 heteroatoms. The van der Waals surface area contributed by atoms with Crippen LogP contribution >= 0.6 is 0 Å². The van der Waals surface area contributed by atoms with Crippen LogP contribution in [0.5, 0.6) is 0 Å². The van der Waals surface area contributed by atoms with Crippen molar-refractivity contribution in [3.05, 3.63) is 48.3 Å². The Balaban J connectivity index is 1.53. The van der Waals surface area contributed by atoms with Crippen molar-refractivity contribution < 1.29 is 4.79 Å². The molecule has 3 aromatic heterocycles. The van der Waals surface area contributed by atoms with Crippen LogP contribution in [0, 0.1) is 0 Å². The molecule has 1 aliphatic rings. The number of nitrogens with one attached hydrogen (secondary N) is 2. The molecule has 8 nitrogen and oxygen atoms in total. The van der Waals surface area contributed by atoms with Crippen LogP contribution in [0.1, 0.15) is 23.2 Å². The van der Waals surface area contributed by atoms with Gasteiger partial charge in [0.2, 0.25) is 5.95 Å². The monoisotopic (exact) mass is 351 g/mol. The molecule has 0 spiro atoms. The summed E-state index contributed by atoms with van der Waals surface area (Å²) in [5.41, 5.74) is 1.15. The molecule has 134 valence electrons. The normalized spacial score (nSPS) is 15.9. The maximum Gasteiger partial charge on any atom is 0.259 e. The van der Waals surface area contributed by atoms with Gasteiger partial charge in [-0.05, 0) is 57.2 Å². The molecule has 0 saturated carbocycles. The van der Waals surface area contributed by atoms with Crippen molar-refractivity contribution in [3.8, 4) is 0 Å². The van der Waals surface area contributed by atoms with Gasteiger partial charge in [0.05, 0.1) is 5.56 Å². The van der Waals surface area contributed by atoms with Crippen molar-refractivity contribution in [2.24, 2.45) is 0 Å². The van der Waals surface area contributed by atoms with E-state index in [-0.39, 0.29) is 11.9 Å². The highest BCUT2D eigenvalue weighted by atomic mass is 16.1. The molecule has 26 heavy (non-hydrogen) atoms. The number of hydrogen-bond donors (Lipinski definition) is 2. The minimum absolute atomic E-state index is 0.275. The van der Waals surface area contributed by atoms with Crippen LogP contribution in [0.4, 0.5) is 11.8 Å². The number of carbonyl (C=O) groups excluding carboxylic acids is 1. The quantitative estimate of drug-likeness (QED) is 0.746. The molecule has 1 aliphatic heterocycles. The van der Waals surface area contributed by atoms with Crippen molar-refractivity contribution >= 4 is 23.3 Å². The number of hydrogen-bond acceptors (Lipinski definition) is 6. The first-order chi connectivity index (χ1) is 12.7. The molecule has 4 rings (SSSR count). The van der Waals surface area contributed by atoms with Crippen LogP contribution in [0.3, 0.4) is 0 Å². The predicted molar refractivity (Wildman–Crippen MR) is 99.3 cm³/mol. The SMILES string of the molecule is CN1CCC(Nc2cccc3nc(NC(=O)c4cccnc4)nn23)CC1. The lowest BCUT2D eigenvalue weighted by atomic mass is 10.1. The second-order valence-corrected chi connectivity index (χ2v) is 6.53. The summed E-state index contributed by atoms with van der Waals surface area (Å²) in [6.45, 7) is 2.16. The highest BCUT2D eigenvalue weighted by Crippen LogP contribution is 2.18. The number of fused-ring (bicyclic) bond motifs is 1. The largest absolute Gasteiger partial charge is 0.367 e. The molecular formula is C18H21N7O. The van der Waals surface area contributed by atoms with E-state index in [4.69, 9.17) is 0 Å². The molecule has 4 heterocycles. The van der Waals surface area contributed by atoms with Gasteiger partial charge in [0, 0.05) is 18.4 Å². The van der Waals surface area contributed by atoms with Gasteiger partial charge in [-0.25, -0.2) is 0 Å². The third kappa shape index (κ3) is 3.50. The van der Waals surface area contributed by atoms with Crippen LogP contribution in [0.15, 0.2) is 42.7 Å². The summed E-state index contributed by atoms with van der Waals surface area (Å²) in [6, 6.07) is 9.61. The number of rotatable bonds is 4. The minimum atomic E-state index is -0.279. The lowest BCUT2D eigenvalue weighted by Crippen LogP contribution is -2.37. The average Bonchev–Trinajstić information content (AvgIpc) is 3.08. The van der Waals surface area contributed by atoms with Gasteiger partial charge in [0.1, 0.15) is 5.82 Å². The zero-order valence-electron chi connectivity index (χ0n) is 14.6. The van der Waals surface area contributed by atoms with Crippen molar-refractivity contribution in [2.75, 3.05) is 30.8 Å². The molecule has 2 N–H and O–H groups in total. The van der Waals surface area contributed by atoms with E-state index in [0.717, 1.165) is 31.7 Å². The first-order valence-electron chi connectivity index (χ1n) is 8.71. The maximum atomic E-state index is 12.3. The van der Waals surface area contributed by atoms with Crippen molar-refractivity contribution in [1.82, 2.24) is 24.5 Å². The van der Waals surface area contributed by atoms with E-state index in [2.05, 4.69) is 37.6 Å². The Morgan fingerprint density at radius 3 is 2.81 bits per heavy atom. The molecule has 0 aromatic carbocycles. The summed E-state index contributed by atoms with van der Waals surface area (Å²) in [5, 5.41) is 10.7. The average molecular weight is 351 g/mol. The number of aromatic nitrogens is 4. The van der Waals surface area contributed by atoms with E-state index >= 15 is 0 Å². The fraction of sp³-hybridized carbons (Fsp3) is 0.333. The van der Waals surface area contributed by atoms with Crippen LogP contribution in [-0.4, -0.2) is 56.6 Å². The fourth-order valence-electron chi connectivity index (χ4n) is 3.10. The van der Waals surface area contributed by atoms with Crippen molar-refractivity contribution in [1.29, 1.82) is 0 Å². The van der Waals surface area contributed by atoms with Crippen LogP contribution in [0.25, 0.3) is 5.65 Å². The molecule has 1 amide bonds. The standard InChI is InChI=1S/C18H21N7O/c1-24-10-7-14(8-11-24)20-15-5-2-6-16-21-18(23-25(15)16)22-17(26)13-4-3-9-19-12-13/h2-6,9,12,14,20H,7-8,10-11H2,1H3,(H,22,23,26). The molecule has 0 atom stereocenters. The zero-order valence-corrected chi connectivity index (χ0v) is 14.6. The molecule has 0 unspecified atom stereocenters. The number of piperidine rings is 1. The Kier molecular flexibility index (Phi) is 4.49. The second kappa shape index (κ2) is 7.09. The van der Waals surface area contributed by atoms with E-state index in [1.165, 1.54) is 6.20 Å². The smallest absolute Gasteiger partial charge is 0.259 e. The van der Waals surface area contributed by atoms with Gasteiger partial charge in [0.25, 0.3) is 5.91 Å². The van der Waals surface area contributed by atoms with Gasteiger partial charge in [-0.2, -0.15) is 9.50 Å². The lowest BCUT2D eigenvalue weighted by Gasteiger charge is -2.30. The first-order valence-corrected chi connectivity index (χ1v) is 8.71. The van der Waals surface area contributed by atoms with Crippen LogP contribution in [0.2, 0.25) is 0 Å². The molecule has 0 aliphatic carbocycles. The Morgan fingerprint density at radius 2 is 2.04 bits per heavy atom. The number of carbonyl (C=O) groups is 1. The summed E-state index contributed by atoms with van der Waals surface area (Å²) in [6.07, 6.45) is 5.32. The Labute approximate surface area is 151 Å². The molecule has 1 fully saturated rings. The highest BCUT2D eigenvalue weighted by molar-refractivity contribution is 6.03. The Morgan fingerprint density at radius 1 is 1.19 bits per heavy atom. The van der Waals surface area contributed by atoms with Gasteiger partial charge in [-0.15, -0.1) is 5.10 Å². The van der Waals surface area contributed by atoms with Gasteiger partial charge in [-0.1, -0.05) is 6.07 Å². The topological polar surface area (TPSA) is 87.5 Å². The zero-order chi connectivity index (χ0) is 17.9. The summed E-state index contributed by atoms with van der Waals surface area (Å²) >= 11 is 0. The number of pyridine rings is 2. The maximum absolute atomic E-state index is 12.3. The lowest BCUT2D eigenvalue weighted by molar-refractivity contribution is 0.102. The number of anilines is 2. The third-order valence-corrected chi connectivity index (χ3v) is 4.58. The van der Waals surface area contributed by atoms with Gasteiger partial charge < -0.3 is 10.2 Å². The summed E-state index contributed by atoms with van der Waals surface area (Å²) < 4.78 is 1.73. The third-order valence-electron chi connectivity index (χ3n) is 4.58. The van der Waals surface area contributed by atoms with Crippen LogP contribution in [-0.2, 0) is 0 Å².